The fraction of sp³-hybridized carbons (Fsp3) is 0.0526. The molecule has 3 rings (SSSR count). The molecule has 4 nitrogen and oxygen atoms in total. The first-order valence-corrected chi connectivity index (χ1v) is 8.43. The van der Waals surface area contributed by atoms with E-state index in [9.17, 15) is 18.4 Å². The number of benzene rings is 2. The smallest absolute Gasteiger partial charge is 0.257 e. The van der Waals surface area contributed by atoms with Crippen molar-refractivity contribution in [3.8, 4) is 0 Å². The second-order valence-electron chi connectivity index (χ2n) is 5.55. The molecule has 2 aromatic carbocycles. The summed E-state index contributed by atoms with van der Waals surface area (Å²) in [6.45, 7) is -0.0146. The standard InChI is InChI=1S/C19H13BrF2N2O2/c20-14-6-7-17(16(22)9-14)23-19(26)13-5-8-18(25)24(11-13)10-12-3-1-2-4-15(12)21/h1-9,11H,10H2,(H,23,26). The summed E-state index contributed by atoms with van der Waals surface area (Å²) in [5, 5.41) is 2.45. The lowest BCUT2D eigenvalue weighted by Crippen LogP contribution is -2.23. The lowest BCUT2D eigenvalue weighted by molar-refractivity contribution is 0.102. The number of hydrogen-bond donors (Lipinski definition) is 1. The number of halogens is 3. The van der Waals surface area contributed by atoms with Crippen molar-refractivity contribution in [3.05, 3.63) is 98.4 Å². The van der Waals surface area contributed by atoms with Crippen molar-refractivity contribution >= 4 is 27.5 Å². The van der Waals surface area contributed by atoms with Gasteiger partial charge in [-0.05, 0) is 30.3 Å². The average Bonchev–Trinajstić information content (AvgIpc) is 2.61. The molecule has 0 unspecified atom stereocenters. The van der Waals surface area contributed by atoms with Crippen LogP contribution >= 0.6 is 15.9 Å². The molecule has 3 aromatic rings. The van der Waals surface area contributed by atoms with Crippen molar-refractivity contribution < 1.29 is 13.6 Å². The van der Waals surface area contributed by atoms with Crippen molar-refractivity contribution in [1.82, 2.24) is 4.57 Å². The summed E-state index contributed by atoms with van der Waals surface area (Å²) < 4.78 is 29.4. The Balaban J connectivity index is 1.86. The maximum atomic E-state index is 13.9. The van der Waals surface area contributed by atoms with Crippen LogP contribution in [0.3, 0.4) is 0 Å². The molecule has 132 valence electrons. The summed E-state index contributed by atoms with van der Waals surface area (Å²) in [6, 6.07) is 12.9. The SMILES string of the molecule is O=C(Nc1ccc(Br)cc1F)c1ccc(=O)n(Cc2ccccc2F)c1. The third kappa shape index (κ3) is 4.05. The van der Waals surface area contributed by atoms with Gasteiger partial charge in [0, 0.05) is 22.3 Å². The molecule has 0 aliphatic carbocycles. The molecular weight excluding hydrogens is 406 g/mol. The lowest BCUT2D eigenvalue weighted by atomic mass is 10.2. The summed E-state index contributed by atoms with van der Waals surface area (Å²) in [7, 11) is 0. The predicted molar refractivity (Wildman–Crippen MR) is 98.3 cm³/mol. The fourth-order valence-electron chi connectivity index (χ4n) is 2.38. The van der Waals surface area contributed by atoms with Crippen LogP contribution in [0.2, 0.25) is 0 Å². The number of hydrogen-bond acceptors (Lipinski definition) is 2. The Morgan fingerprint density at radius 2 is 1.81 bits per heavy atom. The summed E-state index contributed by atoms with van der Waals surface area (Å²) in [5.74, 6) is -1.60. The summed E-state index contributed by atoms with van der Waals surface area (Å²) in [5.41, 5.74) is 0.124. The van der Waals surface area contributed by atoms with Gasteiger partial charge < -0.3 is 9.88 Å². The zero-order valence-corrected chi connectivity index (χ0v) is 15.0. The van der Waals surface area contributed by atoms with Gasteiger partial charge in [0.1, 0.15) is 11.6 Å². The number of anilines is 1. The third-order valence-corrected chi connectivity index (χ3v) is 4.22. The molecule has 0 aliphatic rings. The monoisotopic (exact) mass is 418 g/mol. The topological polar surface area (TPSA) is 51.1 Å². The number of carbonyl (C=O) groups is 1. The number of nitrogens with zero attached hydrogens (tertiary/aromatic N) is 1. The summed E-state index contributed by atoms with van der Waals surface area (Å²) >= 11 is 3.14. The number of rotatable bonds is 4. The van der Waals surface area contributed by atoms with E-state index in [-0.39, 0.29) is 23.4 Å². The Kier molecular flexibility index (Phi) is 5.27. The Morgan fingerprint density at radius 1 is 1.04 bits per heavy atom. The summed E-state index contributed by atoms with van der Waals surface area (Å²) in [6.07, 6.45) is 1.32. The van der Waals surface area contributed by atoms with E-state index in [1.165, 1.54) is 41.1 Å². The van der Waals surface area contributed by atoms with E-state index in [1.807, 2.05) is 0 Å². The van der Waals surface area contributed by atoms with E-state index in [1.54, 1.807) is 24.3 Å². The molecular formula is C19H13BrF2N2O2. The Morgan fingerprint density at radius 3 is 2.54 bits per heavy atom. The number of nitrogens with one attached hydrogen (secondary N) is 1. The van der Waals surface area contributed by atoms with Crippen molar-refractivity contribution in [2.75, 3.05) is 5.32 Å². The van der Waals surface area contributed by atoms with Gasteiger partial charge in [0.2, 0.25) is 0 Å². The minimum Gasteiger partial charge on any atom is -0.319 e. The van der Waals surface area contributed by atoms with E-state index >= 15 is 0 Å². The lowest BCUT2D eigenvalue weighted by Gasteiger charge is -2.10. The maximum absolute atomic E-state index is 13.9. The van der Waals surface area contributed by atoms with Crippen molar-refractivity contribution in [2.45, 2.75) is 6.54 Å². The van der Waals surface area contributed by atoms with Gasteiger partial charge in [0.15, 0.2) is 0 Å². The van der Waals surface area contributed by atoms with E-state index in [4.69, 9.17) is 0 Å². The molecule has 1 amide bonds. The van der Waals surface area contributed by atoms with E-state index in [2.05, 4.69) is 21.2 Å². The van der Waals surface area contributed by atoms with Gasteiger partial charge in [-0.15, -0.1) is 0 Å². The van der Waals surface area contributed by atoms with Crippen LogP contribution in [0.15, 0.2) is 70.1 Å². The highest BCUT2D eigenvalue weighted by Gasteiger charge is 2.12. The van der Waals surface area contributed by atoms with E-state index < -0.39 is 17.5 Å². The second kappa shape index (κ2) is 7.61. The highest BCUT2D eigenvalue weighted by atomic mass is 79.9. The van der Waals surface area contributed by atoms with Crippen LogP contribution in [-0.4, -0.2) is 10.5 Å². The molecule has 7 heteroatoms. The first kappa shape index (κ1) is 18.0. The highest BCUT2D eigenvalue weighted by molar-refractivity contribution is 9.10. The predicted octanol–water partition coefficient (Wildman–Crippen LogP) is 4.19. The quantitative estimate of drug-likeness (QED) is 0.690. The molecule has 1 heterocycles. The Bertz CT molecular complexity index is 1030. The van der Waals surface area contributed by atoms with Crippen molar-refractivity contribution in [3.63, 3.8) is 0 Å². The molecule has 0 saturated carbocycles. The second-order valence-corrected chi connectivity index (χ2v) is 6.47. The molecule has 26 heavy (non-hydrogen) atoms. The van der Waals surface area contributed by atoms with Gasteiger partial charge >= 0.3 is 0 Å². The molecule has 0 radical (unpaired) electrons. The molecule has 0 spiro atoms. The van der Waals surface area contributed by atoms with Crippen LogP contribution in [0.4, 0.5) is 14.5 Å². The van der Waals surface area contributed by atoms with E-state index in [0.717, 1.165) is 0 Å². The summed E-state index contributed by atoms with van der Waals surface area (Å²) in [4.78, 5) is 24.4. The van der Waals surface area contributed by atoms with Gasteiger partial charge in [0.05, 0.1) is 17.8 Å². The molecule has 0 bridgehead atoms. The van der Waals surface area contributed by atoms with Crippen molar-refractivity contribution in [1.29, 1.82) is 0 Å². The van der Waals surface area contributed by atoms with E-state index in [0.29, 0.717) is 10.0 Å². The Labute approximate surface area is 156 Å². The number of aromatic nitrogens is 1. The fourth-order valence-corrected chi connectivity index (χ4v) is 2.72. The van der Waals surface area contributed by atoms with Gasteiger partial charge in [-0.2, -0.15) is 0 Å². The van der Waals surface area contributed by atoms with Crippen LogP contribution < -0.4 is 10.9 Å². The number of amides is 1. The van der Waals surface area contributed by atoms with Gasteiger partial charge in [-0.25, -0.2) is 8.78 Å². The molecule has 0 saturated heterocycles. The third-order valence-electron chi connectivity index (χ3n) is 3.72. The van der Waals surface area contributed by atoms with Crippen molar-refractivity contribution in [2.24, 2.45) is 0 Å². The van der Waals surface area contributed by atoms with Crippen LogP contribution in [0.5, 0.6) is 0 Å². The minimum atomic E-state index is -0.590. The molecule has 0 fully saturated rings. The zero-order valence-electron chi connectivity index (χ0n) is 13.4. The van der Waals surface area contributed by atoms with Gasteiger partial charge in [0.25, 0.3) is 11.5 Å². The van der Waals surface area contributed by atoms with Gasteiger partial charge in [-0.1, -0.05) is 34.1 Å². The largest absolute Gasteiger partial charge is 0.319 e. The van der Waals surface area contributed by atoms with Crippen LogP contribution in [0, 0.1) is 11.6 Å². The van der Waals surface area contributed by atoms with Crippen LogP contribution in [-0.2, 0) is 6.54 Å². The molecule has 1 N–H and O–H groups in total. The first-order chi connectivity index (χ1) is 12.4. The first-order valence-electron chi connectivity index (χ1n) is 7.64. The van der Waals surface area contributed by atoms with Crippen LogP contribution in [0.1, 0.15) is 15.9 Å². The zero-order chi connectivity index (χ0) is 18.7. The maximum Gasteiger partial charge on any atom is 0.257 e. The molecule has 0 atom stereocenters. The van der Waals surface area contributed by atoms with Gasteiger partial charge in [-0.3, -0.25) is 9.59 Å². The highest BCUT2D eigenvalue weighted by Crippen LogP contribution is 2.20. The number of carbonyl (C=O) groups excluding carboxylic acids is 1. The normalized spacial score (nSPS) is 10.6. The minimum absolute atomic E-state index is 0.0146. The molecule has 1 aromatic heterocycles. The van der Waals surface area contributed by atoms with Crippen LogP contribution in [0.25, 0.3) is 0 Å². The average molecular weight is 419 g/mol. The Hall–Kier alpha value is -2.80. The number of pyridine rings is 1. The molecule has 0 aliphatic heterocycles.